The van der Waals surface area contributed by atoms with E-state index in [2.05, 4.69) is 36.1 Å². The van der Waals surface area contributed by atoms with Crippen LogP contribution in [0.2, 0.25) is 0 Å². The second-order valence-electron chi connectivity index (χ2n) is 6.14. The monoisotopic (exact) mass is 448 g/mol. The summed E-state index contributed by atoms with van der Waals surface area (Å²) in [4.78, 5) is 5.92. The molecule has 1 unspecified atom stereocenters. The SMILES string of the molecule is C=CCNC(=NCC(C)C)NCC1CCN(CC(F)(F)F)C1.I. The van der Waals surface area contributed by atoms with E-state index in [1.165, 1.54) is 4.90 Å². The van der Waals surface area contributed by atoms with Crippen LogP contribution in [-0.4, -0.2) is 56.3 Å². The maximum Gasteiger partial charge on any atom is 0.401 e. The molecule has 0 aliphatic carbocycles. The number of halogens is 4. The van der Waals surface area contributed by atoms with Gasteiger partial charge in [-0.3, -0.25) is 9.89 Å². The number of hydrogen-bond donors (Lipinski definition) is 2. The van der Waals surface area contributed by atoms with Gasteiger partial charge in [0.05, 0.1) is 6.54 Å². The van der Waals surface area contributed by atoms with Crippen LogP contribution < -0.4 is 10.6 Å². The molecule has 0 aromatic heterocycles. The Morgan fingerprint density at radius 3 is 2.65 bits per heavy atom. The highest BCUT2D eigenvalue weighted by atomic mass is 127. The van der Waals surface area contributed by atoms with Crippen molar-refractivity contribution in [1.82, 2.24) is 15.5 Å². The van der Waals surface area contributed by atoms with Crippen molar-refractivity contribution in [1.29, 1.82) is 0 Å². The number of hydrogen-bond acceptors (Lipinski definition) is 2. The summed E-state index contributed by atoms with van der Waals surface area (Å²) in [6.07, 6.45) is -1.59. The molecule has 0 spiro atoms. The van der Waals surface area contributed by atoms with Gasteiger partial charge in [-0.1, -0.05) is 19.9 Å². The average molecular weight is 448 g/mol. The highest BCUT2D eigenvalue weighted by Crippen LogP contribution is 2.22. The van der Waals surface area contributed by atoms with E-state index in [1.54, 1.807) is 6.08 Å². The Morgan fingerprint density at radius 1 is 1.39 bits per heavy atom. The number of likely N-dealkylation sites (tertiary alicyclic amines) is 1. The first-order valence-corrected chi connectivity index (χ1v) is 7.72. The zero-order valence-corrected chi connectivity index (χ0v) is 16.2. The highest BCUT2D eigenvalue weighted by molar-refractivity contribution is 14.0. The maximum atomic E-state index is 12.4. The smallest absolute Gasteiger partial charge is 0.356 e. The summed E-state index contributed by atoms with van der Waals surface area (Å²) in [7, 11) is 0. The van der Waals surface area contributed by atoms with Crippen LogP contribution in [-0.2, 0) is 0 Å². The Morgan fingerprint density at radius 2 is 2.09 bits per heavy atom. The first-order valence-electron chi connectivity index (χ1n) is 7.72. The second-order valence-corrected chi connectivity index (χ2v) is 6.14. The Bertz CT molecular complexity index is 372. The first-order chi connectivity index (χ1) is 10.3. The number of aliphatic imine (C=N–C) groups is 1. The summed E-state index contributed by atoms with van der Waals surface area (Å²) < 4.78 is 37.1. The molecule has 0 aromatic rings. The van der Waals surface area contributed by atoms with Gasteiger partial charge in [-0.25, -0.2) is 0 Å². The number of nitrogens with zero attached hydrogens (tertiary/aromatic N) is 2. The van der Waals surface area contributed by atoms with Crippen LogP contribution >= 0.6 is 24.0 Å². The molecule has 1 heterocycles. The lowest BCUT2D eigenvalue weighted by atomic mass is 10.1. The van der Waals surface area contributed by atoms with E-state index in [-0.39, 0.29) is 29.9 Å². The van der Waals surface area contributed by atoms with Gasteiger partial charge in [0.1, 0.15) is 0 Å². The molecule has 1 aliphatic rings. The summed E-state index contributed by atoms with van der Waals surface area (Å²) in [5, 5.41) is 6.34. The fourth-order valence-electron chi connectivity index (χ4n) is 2.33. The summed E-state index contributed by atoms with van der Waals surface area (Å²) in [6.45, 7) is 9.93. The van der Waals surface area contributed by atoms with Gasteiger partial charge in [0.25, 0.3) is 0 Å². The fourth-order valence-corrected chi connectivity index (χ4v) is 2.33. The highest BCUT2D eigenvalue weighted by Gasteiger charge is 2.34. The number of guanidine groups is 1. The molecule has 0 amide bonds. The molecular formula is C15H28F3IN4. The lowest BCUT2D eigenvalue weighted by molar-refractivity contribution is -0.143. The Balaban J connectivity index is 0.00000484. The van der Waals surface area contributed by atoms with Crippen molar-refractivity contribution < 1.29 is 13.2 Å². The molecule has 1 fully saturated rings. The molecule has 23 heavy (non-hydrogen) atoms. The van der Waals surface area contributed by atoms with Crippen molar-refractivity contribution in [3.63, 3.8) is 0 Å². The Labute approximate surface area is 154 Å². The van der Waals surface area contributed by atoms with Gasteiger partial charge in [0, 0.05) is 26.2 Å². The summed E-state index contributed by atoms with van der Waals surface area (Å²) in [6, 6.07) is 0. The topological polar surface area (TPSA) is 39.7 Å². The van der Waals surface area contributed by atoms with E-state index in [0.717, 1.165) is 6.42 Å². The zero-order chi connectivity index (χ0) is 16.6. The first kappa shape index (κ1) is 22.5. The van der Waals surface area contributed by atoms with Crippen LogP contribution in [0.4, 0.5) is 13.2 Å². The number of nitrogens with one attached hydrogen (secondary N) is 2. The number of alkyl halides is 3. The predicted octanol–water partition coefficient (Wildman–Crippen LogP) is 2.87. The molecule has 136 valence electrons. The minimum Gasteiger partial charge on any atom is -0.356 e. The van der Waals surface area contributed by atoms with E-state index < -0.39 is 12.7 Å². The van der Waals surface area contributed by atoms with Gasteiger partial charge in [-0.05, 0) is 24.8 Å². The summed E-state index contributed by atoms with van der Waals surface area (Å²) in [5.74, 6) is 1.37. The van der Waals surface area contributed by atoms with E-state index >= 15 is 0 Å². The van der Waals surface area contributed by atoms with Crippen molar-refractivity contribution in [2.75, 3.05) is 39.3 Å². The van der Waals surface area contributed by atoms with Crippen LogP contribution in [0.1, 0.15) is 20.3 Å². The van der Waals surface area contributed by atoms with Crippen LogP contribution in [0, 0.1) is 11.8 Å². The van der Waals surface area contributed by atoms with Gasteiger partial charge in [-0.2, -0.15) is 13.2 Å². The minimum absolute atomic E-state index is 0. The molecule has 0 radical (unpaired) electrons. The molecule has 0 saturated carbocycles. The maximum absolute atomic E-state index is 12.4. The standard InChI is InChI=1S/C15H27F3N4.HI/c1-4-6-19-14(20-8-12(2)3)21-9-13-5-7-22(10-13)11-15(16,17)18;/h4,12-13H,1,5-11H2,2-3H3,(H2,19,20,21);1H. The van der Waals surface area contributed by atoms with E-state index in [0.29, 0.717) is 44.6 Å². The normalized spacial score (nSPS) is 19.6. The molecule has 2 N–H and O–H groups in total. The van der Waals surface area contributed by atoms with Gasteiger partial charge < -0.3 is 10.6 Å². The number of rotatable bonds is 7. The van der Waals surface area contributed by atoms with Crippen LogP contribution in [0.25, 0.3) is 0 Å². The summed E-state index contributed by atoms with van der Waals surface area (Å²) in [5.41, 5.74) is 0. The molecule has 4 nitrogen and oxygen atoms in total. The molecular weight excluding hydrogens is 420 g/mol. The van der Waals surface area contributed by atoms with E-state index in [1.807, 2.05) is 0 Å². The van der Waals surface area contributed by atoms with Crippen LogP contribution in [0.15, 0.2) is 17.6 Å². The Kier molecular flexibility index (Phi) is 10.9. The van der Waals surface area contributed by atoms with Crippen molar-refractivity contribution >= 4 is 29.9 Å². The van der Waals surface area contributed by atoms with Gasteiger partial charge in [0.2, 0.25) is 0 Å². The van der Waals surface area contributed by atoms with Crippen molar-refractivity contribution in [3.8, 4) is 0 Å². The van der Waals surface area contributed by atoms with E-state index in [4.69, 9.17) is 0 Å². The summed E-state index contributed by atoms with van der Waals surface area (Å²) >= 11 is 0. The van der Waals surface area contributed by atoms with Gasteiger partial charge in [-0.15, -0.1) is 30.6 Å². The van der Waals surface area contributed by atoms with Gasteiger partial charge in [0.15, 0.2) is 5.96 Å². The minimum atomic E-state index is -4.11. The van der Waals surface area contributed by atoms with Crippen LogP contribution in [0.3, 0.4) is 0 Å². The zero-order valence-electron chi connectivity index (χ0n) is 13.8. The second kappa shape index (κ2) is 11.1. The average Bonchev–Trinajstić information content (AvgIpc) is 2.83. The van der Waals surface area contributed by atoms with Crippen LogP contribution in [0.5, 0.6) is 0 Å². The largest absolute Gasteiger partial charge is 0.401 e. The van der Waals surface area contributed by atoms with Crippen molar-refractivity contribution in [3.05, 3.63) is 12.7 Å². The third kappa shape index (κ3) is 10.8. The lowest BCUT2D eigenvalue weighted by Gasteiger charge is -2.18. The van der Waals surface area contributed by atoms with Crippen molar-refractivity contribution in [2.24, 2.45) is 16.8 Å². The molecule has 0 aromatic carbocycles. The molecule has 1 atom stereocenters. The van der Waals surface area contributed by atoms with E-state index in [9.17, 15) is 13.2 Å². The third-order valence-electron chi connectivity index (χ3n) is 3.36. The fraction of sp³-hybridized carbons (Fsp3) is 0.800. The quantitative estimate of drug-likeness (QED) is 0.273. The molecule has 1 saturated heterocycles. The third-order valence-corrected chi connectivity index (χ3v) is 3.36. The predicted molar refractivity (Wildman–Crippen MR) is 99.4 cm³/mol. The molecule has 1 aliphatic heterocycles. The lowest BCUT2D eigenvalue weighted by Crippen LogP contribution is -2.41. The van der Waals surface area contributed by atoms with Crippen molar-refractivity contribution in [2.45, 2.75) is 26.4 Å². The molecule has 8 heteroatoms. The Hall–Kier alpha value is -0.510. The molecule has 0 bridgehead atoms. The molecule has 1 rings (SSSR count). The van der Waals surface area contributed by atoms with Gasteiger partial charge >= 0.3 is 6.18 Å².